The standard InChI is InChI=1S/C17H15N5O/c1-23-15-7-6-13-16-14(8-19-17(13)21-15)20-10-22(16)9-11-2-4-12(18)5-3-11/h2-8,10H,9,18H2,1H3. The van der Waals surface area contributed by atoms with Gasteiger partial charge in [0, 0.05) is 23.7 Å². The van der Waals surface area contributed by atoms with E-state index in [1.165, 1.54) is 0 Å². The van der Waals surface area contributed by atoms with Gasteiger partial charge in [-0.25, -0.2) is 9.97 Å². The van der Waals surface area contributed by atoms with Crippen LogP contribution in [0.25, 0.3) is 22.1 Å². The smallest absolute Gasteiger partial charge is 0.215 e. The first kappa shape index (κ1) is 13.5. The zero-order chi connectivity index (χ0) is 15.8. The molecule has 0 saturated carbocycles. The fourth-order valence-electron chi connectivity index (χ4n) is 2.67. The van der Waals surface area contributed by atoms with E-state index < -0.39 is 0 Å². The average molecular weight is 305 g/mol. The number of pyridine rings is 2. The van der Waals surface area contributed by atoms with Gasteiger partial charge in [-0.3, -0.25) is 0 Å². The molecule has 3 heterocycles. The molecule has 0 aliphatic carbocycles. The van der Waals surface area contributed by atoms with E-state index >= 15 is 0 Å². The summed E-state index contributed by atoms with van der Waals surface area (Å²) < 4.78 is 7.26. The summed E-state index contributed by atoms with van der Waals surface area (Å²) in [6.07, 6.45) is 3.57. The fraction of sp³-hybridized carbons (Fsp3) is 0.118. The summed E-state index contributed by atoms with van der Waals surface area (Å²) in [7, 11) is 1.60. The van der Waals surface area contributed by atoms with E-state index in [1.807, 2.05) is 42.7 Å². The minimum atomic E-state index is 0.550. The van der Waals surface area contributed by atoms with Crippen molar-refractivity contribution in [3.05, 3.63) is 54.5 Å². The second-order valence-corrected chi connectivity index (χ2v) is 5.33. The summed E-state index contributed by atoms with van der Waals surface area (Å²) >= 11 is 0. The number of anilines is 1. The monoisotopic (exact) mass is 305 g/mol. The van der Waals surface area contributed by atoms with Crippen LogP contribution >= 0.6 is 0 Å². The molecule has 0 bridgehead atoms. The number of aromatic nitrogens is 4. The molecular weight excluding hydrogens is 290 g/mol. The van der Waals surface area contributed by atoms with Gasteiger partial charge in [0.05, 0.1) is 25.2 Å². The summed E-state index contributed by atoms with van der Waals surface area (Å²) in [6.45, 7) is 0.710. The normalized spacial score (nSPS) is 11.2. The first-order valence-electron chi connectivity index (χ1n) is 7.23. The molecule has 4 aromatic rings. The Morgan fingerprint density at radius 1 is 1.09 bits per heavy atom. The van der Waals surface area contributed by atoms with Gasteiger partial charge >= 0.3 is 0 Å². The lowest BCUT2D eigenvalue weighted by Gasteiger charge is -2.07. The van der Waals surface area contributed by atoms with Crippen LogP contribution in [-0.4, -0.2) is 26.6 Å². The summed E-state index contributed by atoms with van der Waals surface area (Å²) in [6, 6.07) is 11.7. The van der Waals surface area contributed by atoms with Crippen LogP contribution in [0.2, 0.25) is 0 Å². The molecule has 6 nitrogen and oxygen atoms in total. The third kappa shape index (κ3) is 2.34. The second kappa shape index (κ2) is 5.24. The number of fused-ring (bicyclic) bond motifs is 3. The Balaban J connectivity index is 1.86. The number of rotatable bonds is 3. The first-order chi connectivity index (χ1) is 11.2. The fourth-order valence-corrected chi connectivity index (χ4v) is 2.67. The van der Waals surface area contributed by atoms with Crippen LogP contribution in [0.5, 0.6) is 5.88 Å². The van der Waals surface area contributed by atoms with Crippen LogP contribution < -0.4 is 10.5 Å². The Bertz CT molecular complexity index is 991. The molecule has 114 valence electrons. The molecule has 2 N–H and O–H groups in total. The van der Waals surface area contributed by atoms with E-state index in [4.69, 9.17) is 10.5 Å². The van der Waals surface area contributed by atoms with Gasteiger partial charge in [-0.05, 0) is 23.8 Å². The van der Waals surface area contributed by atoms with Crippen LogP contribution in [0.3, 0.4) is 0 Å². The SMILES string of the molecule is COc1ccc2c(ncc3ncn(Cc4ccc(N)cc4)c32)n1. The number of hydrogen-bond acceptors (Lipinski definition) is 5. The maximum atomic E-state index is 5.74. The molecular formula is C17H15N5O. The Morgan fingerprint density at radius 3 is 2.70 bits per heavy atom. The summed E-state index contributed by atoms with van der Waals surface area (Å²) in [5, 5.41) is 0.955. The summed E-state index contributed by atoms with van der Waals surface area (Å²) in [5.74, 6) is 0.550. The molecule has 0 spiro atoms. The lowest BCUT2D eigenvalue weighted by atomic mass is 10.2. The number of nitrogens with zero attached hydrogens (tertiary/aromatic N) is 4. The van der Waals surface area contributed by atoms with Crippen molar-refractivity contribution in [2.75, 3.05) is 12.8 Å². The van der Waals surface area contributed by atoms with Crippen LogP contribution in [0.1, 0.15) is 5.56 Å². The highest BCUT2D eigenvalue weighted by atomic mass is 16.5. The van der Waals surface area contributed by atoms with E-state index in [1.54, 1.807) is 13.3 Å². The maximum Gasteiger partial charge on any atom is 0.215 e. The topological polar surface area (TPSA) is 78.9 Å². The van der Waals surface area contributed by atoms with Crippen molar-refractivity contribution in [1.29, 1.82) is 0 Å². The Labute approximate surface area is 132 Å². The van der Waals surface area contributed by atoms with Crippen molar-refractivity contribution in [2.24, 2.45) is 0 Å². The zero-order valence-corrected chi connectivity index (χ0v) is 12.6. The lowest BCUT2D eigenvalue weighted by molar-refractivity contribution is 0.399. The second-order valence-electron chi connectivity index (χ2n) is 5.33. The highest BCUT2D eigenvalue weighted by molar-refractivity contribution is 6.00. The van der Waals surface area contributed by atoms with Crippen molar-refractivity contribution in [3.63, 3.8) is 0 Å². The average Bonchev–Trinajstić information content (AvgIpc) is 2.99. The summed E-state index contributed by atoms with van der Waals surface area (Å²) in [4.78, 5) is 13.2. The van der Waals surface area contributed by atoms with Crippen LogP contribution in [0, 0.1) is 0 Å². The van der Waals surface area contributed by atoms with Gasteiger partial charge in [0.15, 0.2) is 5.65 Å². The third-order valence-electron chi connectivity index (χ3n) is 3.82. The highest BCUT2D eigenvalue weighted by Gasteiger charge is 2.10. The Kier molecular flexibility index (Phi) is 3.08. The number of ether oxygens (including phenoxy) is 1. The van der Waals surface area contributed by atoms with Gasteiger partial charge in [0.25, 0.3) is 0 Å². The van der Waals surface area contributed by atoms with Crippen molar-refractivity contribution in [1.82, 2.24) is 19.5 Å². The molecule has 0 aliphatic rings. The number of nitrogens with two attached hydrogens (primary N) is 1. The number of nitrogen functional groups attached to an aromatic ring is 1. The van der Waals surface area contributed by atoms with Gasteiger partial charge in [0.2, 0.25) is 5.88 Å². The molecule has 1 aromatic carbocycles. The van der Waals surface area contributed by atoms with Crippen LogP contribution in [-0.2, 0) is 6.54 Å². The van der Waals surface area contributed by atoms with Crippen molar-refractivity contribution in [3.8, 4) is 5.88 Å². The van der Waals surface area contributed by atoms with E-state index in [9.17, 15) is 0 Å². The molecule has 0 amide bonds. The minimum Gasteiger partial charge on any atom is -0.481 e. The maximum absolute atomic E-state index is 5.74. The molecule has 0 aliphatic heterocycles. The largest absolute Gasteiger partial charge is 0.481 e. The predicted octanol–water partition coefficient (Wildman–Crippen LogP) is 2.62. The van der Waals surface area contributed by atoms with E-state index in [0.29, 0.717) is 18.1 Å². The number of imidazole rings is 1. The van der Waals surface area contributed by atoms with Gasteiger partial charge in [-0.1, -0.05) is 12.1 Å². The van der Waals surface area contributed by atoms with Crippen molar-refractivity contribution >= 4 is 27.8 Å². The van der Waals surface area contributed by atoms with Crippen molar-refractivity contribution < 1.29 is 4.74 Å². The molecule has 23 heavy (non-hydrogen) atoms. The van der Waals surface area contributed by atoms with Gasteiger partial charge in [-0.15, -0.1) is 0 Å². The molecule has 3 aromatic heterocycles. The van der Waals surface area contributed by atoms with Gasteiger partial charge in [0.1, 0.15) is 5.52 Å². The quantitative estimate of drug-likeness (QED) is 0.589. The lowest BCUT2D eigenvalue weighted by Crippen LogP contribution is -1.99. The van der Waals surface area contributed by atoms with E-state index in [2.05, 4.69) is 19.5 Å². The third-order valence-corrected chi connectivity index (χ3v) is 3.82. The van der Waals surface area contributed by atoms with Crippen LogP contribution in [0.4, 0.5) is 5.69 Å². The molecule has 0 fully saturated rings. The van der Waals surface area contributed by atoms with Crippen LogP contribution in [0.15, 0.2) is 48.9 Å². The molecule has 0 unspecified atom stereocenters. The minimum absolute atomic E-state index is 0.550. The molecule has 0 atom stereocenters. The zero-order valence-electron chi connectivity index (χ0n) is 12.6. The van der Waals surface area contributed by atoms with Gasteiger partial charge in [-0.2, -0.15) is 4.98 Å². The Hall–Kier alpha value is -3.15. The molecule has 0 saturated heterocycles. The predicted molar refractivity (Wildman–Crippen MR) is 89.3 cm³/mol. The number of hydrogen-bond donors (Lipinski definition) is 1. The van der Waals surface area contributed by atoms with E-state index in [0.717, 1.165) is 27.7 Å². The molecule has 6 heteroatoms. The summed E-state index contributed by atoms with van der Waals surface area (Å²) in [5.41, 5.74) is 10.2. The Morgan fingerprint density at radius 2 is 1.91 bits per heavy atom. The molecule has 4 rings (SSSR count). The van der Waals surface area contributed by atoms with Gasteiger partial charge < -0.3 is 15.0 Å². The number of benzene rings is 1. The van der Waals surface area contributed by atoms with E-state index in [-0.39, 0.29) is 0 Å². The number of methoxy groups -OCH3 is 1. The first-order valence-corrected chi connectivity index (χ1v) is 7.23. The highest BCUT2D eigenvalue weighted by Crippen LogP contribution is 2.24. The molecule has 0 radical (unpaired) electrons. The van der Waals surface area contributed by atoms with Crippen molar-refractivity contribution in [2.45, 2.75) is 6.54 Å².